The molecule has 0 saturated heterocycles. The standard InChI is InChI=1S/C19H14F3N3O4S/c1-28-17(27)11-2-4-12(5-3-11)23-16(26)15-10-30-18(25-15)24-13-6-8-14(9-7-13)29-19(20,21)22/h2-10H,1H3,(H,23,26)(H,24,25). The lowest BCUT2D eigenvalue weighted by molar-refractivity contribution is -0.274. The minimum Gasteiger partial charge on any atom is -0.465 e. The van der Waals surface area contributed by atoms with Gasteiger partial charge in [0, 0.05) is 16.8 Å². The van der Waals surface area contributed by atoms with Crippen LogP contribution < -0.4 is 15.4 Å². The molecule has 1 aromatic heterocycles. The molecule has 0 bridgehead atoms. The Bertz CT molecular complexity index is 1030. The molecule has 2 N–H and O–H groups in total. The molecular weight excluding hydrogens is 423 g/mol. The van der Waals surface area contributed by atoms with Crippen molar-refractivity contribution in [2.75, 3.05) is 17.7 Å². The smallest absolute Gasteiger partial charge is 0.465 e. The zero-order chi connectivity index (χ0) is 21.7. The zero-order valence-corrected chi connectivity index (χ0v) is 16.1. The van der Waals surface area contributed by atoms with E-state index in [2.05, 4.69) is 25.1 Å². The third-order valence-electron chi connectivity index (χ3n) is 3.64. The summed E-state index contributed by atoms with van der Waals surface area (Å²) in [6.45, 7) is 0. The van der Waals surface area contributed by atoms with Gasteiger partial charge >= 0.3 is 12.3 Å². The molecule has 7 nitrogen and oxygen atoms in total. The summed E-state index contributed by atoms with van der Waals surface area (Å²) in [5.41, 5.74) is 1.44. The Balaban J connectivity index is 1.60. The Morgan fingerprint density at radius 2 is 1.63 bits per heavy atom. The van der Waals surface area contributed by atoms with Gasteiger partial charge in [0.15, 0.2) is 5.13 Å². The number of ether oxygens (including phenoxy) is 2. The minimum atomic E-state index is -4.76. The van der Waals surface area contributed by atoms with Gasteiger partial charge in [-0.3, -0.25) is 4.79 Å². The molecule has 0 saturated carbocycles. The maximum atomic E-state index is 12.3. The lowest BCUT2D eigenvalue weighted by Crippen LogP contribution is -2.16. The first-order chi connectivity index (χ1) is 14.2. The molecule has 0 aliphatic carbocycles. The van der Waals surface area contributed by atoms with Crippen molar-refractivity contribution in [2.45, 2.75) is 6.36 Å². The Morgan fingerprint density at radius 1 is 1.00 bits per heavy atom. The number of carbonyl (C=O) groups is 2. The number of anilines is 3. The van der Waals surface area contributed by atoms with Gasteiger partial charge in [0.1, 0.15) is 11.4 Å². The van der Waals surface area contributed by atoms with Gasteiger partial charge in [-0.05, 0) is 48.5 Å². The second-order valence-corrected chi connectivity index (χ2v) is 6.62. The van der Waals surface area contributed by atoms with Crippen molar-refractivity contribution in [2.24, 2.45) is 0 Å². The van der Waals surface area contributed by atoms with Crippen LogP contribution in [0.2, 0.25) is 0 Å². The van der Waals surface area contributed by atoms with Crippen molar-refractivity contribution < 1.29 is 32.2 Å². The van der Waals surface area contributed by atoms with Gasteiger partial charge in [0.25, 0.3) is 5.91 Å². The number of rotatable bonds is 6. The van der Waals surface area contributed by atoms with E-state index in [9.17, 15) is 22.8 Å². The molecule has 0 spiro atoms. The highest BCUT2D eigenvalue weighted by molar-refractivity contribution is 7.14. The van der Waals surface area contributed by atoms with Gasteiger partial charge in [-0.15, -0.1) is 24.5 Å². The molecular formula is C19H14F3N3O4S. The molecule has 1 heterocycles. The van der Waals surface area contributed by atoms with Gasteiger partial charge in [0.05, 0.1) is 12.7 Å². The number of amides is 1. The molecule has 3 rings (SSSR count). The summed E-state index contributed by atoms with van der Waals surface area (Å²) in [6.07, 6.45) is -4.76. The minimum absolute atomic E-state index is 0.150. The second-order valence-electron chi connectivity index (χ2n) is 5.76. The highest BCUT2D eigenvalue weighted by Gasteiger charge is 2.30. The molecule has 3 aromatic rings. The maximum Gasteiger partial charge on any atom is 0.573 e. The first-order valence-electron chi connectivity index (χ1n) is 8.31. The first-order valence-corrected chi connectivity index (χ1v) is 9.19. The SMILES string of the molecule is COC(=O)c1ccc(NC(=O)c2csc(Nc3ccc(OC(F)(F)F)cc3)n2)cc1. The summed E-state index contributed by atoms with van der Waals surface area (Å²) in [5.74, 6) is -1.29. The number of alkyl halides is 3. The summed E-state index contributed by atoms with van der Waals surface area (Å²) in [6, 6.07) is 11.3. The number of halogens is 3. The number of nitrogens with one attached hydrogen (secondary N) is 2. The molecule has 0 fully saturated rings. The summed E-state index contributed by atoms with van der Waals surface area (Å²) < 4.78 is 45.0. The van der Waals surface area contributed by atoms with Gasteiger partial charge in [-0.25, -0.2) is 9.78 Å². The number of methoxy groups -OCH3 is 1. The van der Waals surface area contributed by atoms with E-state index in [4.69, 9.17) is 0 Å². The average molecular weight is 437 g/mol. The molecule has 0 aliphatic heterocycles. The predicted octanol–water partition coefficient (Wildman–Crippen LogP) is 4.82. The van der Waals surface area contributed by atoms with Crippen molar-refractivity contribution in [1.29, 1.82) is 0 Å². The Labute approximate surface area is 172 Å². The van der Waals surface area contributed by atoms with Crippen LogP contribution in [0.15, 0.2) is 53.9 Å². The molecule has 156 valence electrons. The topological polar surface area (TPSA) is 89.5 Å². The van der Waals surface area contributed by atoms with Crippen molar-refractivity contribution in [3.8, 4) is 5.75 Å². The first kappa shape index (κ1) is 21.1. The normalized spacial score (nSPS) is 10.9. The van der Waals surface area contributed by atoms with Crippen molar-refractivity contribution in [1.82, 2.24) is 4.98 Å². The summed E-state index contributed by atoms with van der Waals surface area (Å²) in [4.78, 5) is 27.9. The number of hydrogen-bond acceptors (Lipinski definition) is 7. The van der Waals surface area contributed by atoms with E-state index in [-0.39, 0.29) is 11.4 Å². The van der Waals surface area contributed by atoms with E-state index in [1.165, 1.54) is 36.8 Å². The molecule has 30 heavy (non-hydrogen) atoms. The van der Waals surface area contributed by atoms with Crippen LogP contribution in [0, 0.1) is 0 Å². The number of esters is 1. The van der Waals surface area contributed by atoms with E-state index in [1.54, 1.807) is 12.1 Å². The molecule has 0 atom stereocenters. The lowest BCUT2D eigenvalue weighted by atomic mass is 10.2. The lowest BCUT2D eigenvalue weighted by Gasteiger charge is -2.09. The molecule has 0 radical (unpaired) electrons. The quantitative estimate of drug-likeness (QED) is 0.538. The Hall–Kier alpha value is -3.60. The van der Waals surface area contributed by atoms with Crippen LogP contribution in [0.3, 0.4) is 0 Å². The van der Waals surface area contributed by atoms with E-state index < -0.39 is 18.2 Å². The van der Waals surface area contributed by atoms with Crippen LogP contribution in [0.1, 0.15) is 20.8 Å². The van der Waals surface area contributed by atoms with Crippen LogP contribution in [0.4, 0.5) is 29.7 Å². The van der Waals surface area contributed by atoms with Crippen molar-refractivity contribution >= 4 is 39.7 Å². The largest absolute Gasteiger partial charge is 0.573 e. The van der Waals surface area contributed by atoms with Crippen LogP contribution >= 0.6 is 11.3 Å². The fourth-order valence-corrected chi connectivity index (χ4v) is 3.01. The average Bonchev–Trinajstić information content (AvgIpc) is 3.17. The van der Waals surface area contributed by atoms with E-state index >= 15 is 0 Å². The van der Waals surface area contributed by atoms with Gasteiger partial charge in [-0.1, -0.05) is 0 Å². The van der Waals surface area contributed by atoms with Crippen LogP contribution in [0.5, 0.6) is 5.75 Å². The molecule has 1 amide bonds. The van der Waals surface area contributed by atoms with E-state index in [0.29, 0.717) is 22.1 Å². The fourth-order valence-electron chi connectivity index (χ4n) is 2.30. The predicted molar refractivity (Wildman–Crippen MR) is 104 cm³/mol. The van der Waals surface area contributed by atoms with Crippen LogP contribution in [-0.4, -0.2) is 30.3 Å². The van der Waals surface area contributed by atoms with Crippen molar-refractivity contribution in [3.63, 3.8) is 0 Å². The summed E-state index contributed by atoms with van der Waals surface area (Å²) in [7, 11) is 1.27. The molecule has 0 aliphatic rings. The van der Waals surface area contributed by atoms with Crippen molar-refractivity contribution in [3.05, 3.63) is 65.2 Å². The molecule has 11 heteroatoms. The highest BCUT2D eigenvalue weighted by Crippen LogP contribution is 2.26. The van der Waals surface area contributed by atoms with Gasteiger partial charge in [0.2, 0.25) is 0 Å². The number of nitrogens with zero attached hydrogens (tertiary/aromatic N) is 1. The summed E-state index contributed by atoms with van der Waals surface area (Å²) in [5, 5.41) is 7.46. The van der Waals surface area contributed by atoms with Crippen LogP contribution in [0.25, 0.3) is 0 Å². The van der Waals surface area contributed by atoms with E-state index in [1.807, 2.05) is 0 Å². The zero-order valence-electron chi connectivity index (χ0n) is 15.3. The number of thiazole rings is 1. The van der Waals surface area contributed by atoms with Gasteiger partial charge < -0.3 is 20.1 Å². The fraction of sp³-hybridized carbons (Fsp3) is 0.105. The monoisotopic (exact) mass is 437 g/mol. The Kier molecular flexibility index (Phi) is 6.21. The number of benzene rings is 2. The number of carbonyl (C=O) groups excluding carboxylic acids is 2. The summed E-state index contributed by atoms with van der Waals surface area (Å²) >= 11 is 1.15. The third-order valence-corrected chi connectivity index (χ3v) is 4.40. The number of aromatic nitrogens is 1. The molecule has 0 unspecified atom stereocenters. The third kappa shape index (κ3) is 5.70. The van der Waals surface area contributed by atoms with Crippen LogP contribution in [-0.2, 0) is 4.74 Å². The van der Waals surface area contributed by atoms with E-state index in [0.717, 1.165) is 23.5 Å². The maximum absolute atomic E-state index is 12.3. The van der Waals surface area contributed by atoms with Gasteiger partial charge in [-0.2, -0.15) is 0 Å². The highest BCUT2D eigenvalue weighted by atomic mass is 32.1. The Morgan fingerprint density at radius 3 is 2.23 bits per heavy atom. The number of hydrogen-bond donors (Lipinski definition) is 2. The molecule has 2 aromatic carbocycles. The second kappa shape index (κ2) is 8.82.